The van der Waals surface area contributed by atoms with E-state index in [0.29, 0.717) is 18.6 Å². The number of nitrogens with zero attached hydrogens (tertiary/aromatic N) is 1. The maximum Gasteiger partial charge on any atom is 0.403 e. The van der Waals surface area contributed by atoms with Gasteiger partial charge in [-0.3, -0.25) is 4.79 Å². The molecule has 0 spiro atoms. The Morgan fingerprint density at radius 2 is 1.62 bits per heavy atom. The minimum Gasteiger partial charge on any atom is -0.497 e. The number of hydrogen-bond donors (Lipinski definition) is 1. The molecule has 0 aliphatic rings. The number of aliphatic hydroxyl groups excluding tert-OH is 1. The van der Waals surface area contributed by atoms with Crippen molar-refractivity contribution in [2.24, 2.45) is 5.92 Å². The third-order valence-electron chi connectivity index (χ3n) is 4.27. The third-order valence-corrected chi connectivity index (χ3v) is 4.27. The van der Waals surface area contributed by atoms with Crippen molar-refractivity contribution in [2.75, 3.05) is 20.2 Å². The molecule has 2 atom stereocenters. The maximum absolute atomic E-state index is 13.6. The Bertz CT molecular complexity index is 538. The molecule has 0 aliphatic carbocycles. The molecule has 0 bridgehead atoms. The molecule has 0 saturated heterocycles. The van der Waals surface area contributed by atoms with Crippen LogP contribution in [0.5, 0.6) is 5.75 Å². The second-order valence-electron chi connectivity index (χ2n) is 6.27. The number of amides is 1. The van der Waals surface area contributed by atoms with Gasteiger partial charge in [0, 0.05) is 13.1 Å². The van der Waals surface area contributed by atoms with E-state index in [4.69, 9.17) is 4.74 Å². The van der Waals surface area contributed by atoms with Crippen LogP contribution in [0.3, 0.4) is 0 Å². The fraction of sp³-hybridized carbons (Fsp3) is 0.632. The second-order valence-corrected chi connectivity index (χ2v) is 6.27. The minimum absolute atomic E-state index is 0.0346. The van der Waals surface area contributed by atoms with Gasteiger partial charge in [0.05, 0.1) is 13.2 Å². The highest BCUT2D eigenvalue weighted by Gasteiger charge is 2.51. The number of rotatable bonds is 10. The van der Waals surface area contributed by atoms with E-state index in [-0.39, 0.29) is 18.7 Å². The lowest BCUT2D eigenvalue weighted by atomic mass is 9.93. The van der Waals surface area contributed by atoms with E-state index < -0.39 is 24.1 Å². The zero-order valence-corrected chi connectivity index (χ0v) is 15.6. The Hall–Kier alpha value is -1.76. The number of halogens is 3. The van der Waals surface area contributed by atoms with E-state index in [9.17, 15) is 23.1 Å². The molecule has 0 heterocycles. The van der Waals surface area contributed by atoms with E-state index in [1.165, 1.54) is 36.3 Å². The highest BCUT2D eigenvalue weighted by molar-refractivity contribution is 5.80. The zero-order chi connectivity index (χ0) is 19.7. The van der Waals surface area contributed by atoms with Gasteiger partial charge in [0.1, 0.15) is 5.75 Å². The van der Waals surface area contributed by atoms with Gasteiger partial charge < -0.3 is 14.7 Å². The van der Waals surface area contributed by atoms with Crippen LogP contribution in [0.25, 0.3) is 0 Å². The summed E-state index contributed by atoms with van der Waals surface area (Å²) < 4.78 is 45.8. The van der Waals surface area contributed by atoms with E-state index in [1.807, 2.05) is 13.8 Å². The quantitative estimate of drug-likeness (QED) is 0.662. The molecule has 0 unspecified atom stereocenters. The highest BCUT2D eigenvalue weighted by Crippen LogP contribution is 2.38. The van der Waals surface area contributed by atoms with Crippen LogP contribution in [-0.2, 0) is 4.79 Å². The summed E-state index contributed by atoms with van der Waals surface area (Å²) in [6.45, 7) is 4.35. The molecular weight excluding hydrogens is 347 g/mol. The number of hydrogen-bond acceptors (Lipinski definition) is 3. The van der Waals surface area contributed by atoms with E-state index in [1.54, 1.807) is 0 Å². The Morgan fingerprint density at radius 3 is 2.00 bits per heavy atom. The van der Waals surface area contributed by atoms with Crippen LogP contribution in [0.15, 0.2) is 24.3 Å². The van der Waals surface area contributed by atoms with E-state index >= 15 is 0 Å². The van der Waals surface area contributed by atoms with Crippen molar-refractivity contribution in [3.05, 3.63) is 29.8 Å². The van der Waals surface area contributed by atoms with E-state index in [0.717, 1.165) is 12.8 Å². The van der Waals surface area contributed by atoms with Crippen LogP contribution < -0.4 is 4.74 Å². The SMILES string of the molecule is CCCCN(CCCC)C(=O)[C@H]([C@@H](O)c1ccc(OC)cc1)C(F)(F)F. The van der Waals surface area contributed by atoms with Crippen LogP contribution in [0, 0.1) is 5.92 Å². The third kappa shape index (κ3) is 6.20. The summed E-state index contributed by atoms with van der Waals surface area (Å²) in [4.78, 5) is 13.9. The van der Waals surface area contributed by atoms with Crippen LogP contribution in [0.1, 0.15) is 51.2 Å². The van der Waals surface area contributed by atoms with Gasteiger partial charge in [-0.2, -0.15) is 13.2 Å². The molecule has 1 aromatic carbocycles. The molecule has 0 radical (unpaired) electrons. The molecule has 7 heteroatoms. The Balaban J connectivity index is 3.10. The fourth-order valence-corrected chi connectivity index (χ4v) is 2.67. The first-order valence-corrected chi connectivity index (χ1v) is 8.93. The van der Waals surface area contributed by atoms with Gasteiger partial charge in [-0.05, 0) is 30.5 Å². The summed E-state index contributed by atoms with van der Waals surface area (Å²) in [5, 5.41) is 10.3. The lowest BCUT2D eigenvalue weighted by molar-refractivity contribution is -0.208. The molecule has 148 valence electrons. The van der Waals surface area contributed by atoms with Crippen LogP contribution in [0.2, 0.25) is 0 Å². The van der Waals surface area contributed by atoms with Gasteiger partial charge in [0.25, 0.3) is 0 Å². The Kier molecular flexibility index (Phi) is 8.92. The van der Waals surface area contributed by atoms with Crippen molar-refractivity contribution in [3.8, 4) is 5.75 Å². The molecule has 1 N–H and O–H groups in total. The summed E-state index contributed by atoms with van der Waals surface area (Å²) in [7, 11) is 1.44. The summed E-state index contributed by atoms with van der Waals surface area (Å²) in [5.41, 5.74) is 0.0346. The first kappa shape index (κ1) is 22.3. The van der Waals surface area contributed by atoms with Gasteiger partial charge in [-0.25, -0.2) is 0 Å². The molecular formula is C19H28F3NO3. The normalized spacial score (nSPS) is 14.0. The number of carbonyl (C=O) groups excluding carboxylic acids is 1. The second kappa shape index (κ2) is 10.4. The van der Waals surface area contributed by atoms with Crippen molar-refractivity contribution < 1.29 is 27.8 Å². The van der Waals surface area contributed by atoms with Crippen molar-refractivity contribution in [3.63, 3.8) is 0 Å². The molecule has 1 rings (SSSR count). The summed E-state index contributed by atoms with van der Waals surface area (Å²) in [6, 6.07) is 5.61. The first-order chi connectivity index (χ1) is 12.3. The summed E-state index contributed by atoms with van der Waals surface area (Å²) >= 11 is 0. The minimum atomic E-state index is -4.84. The molecule has 0 fully saturated rings. The van der Waals surface area contributed by atoms with Gasteiger partial charge >= 0.3 is 6.18 Å². The van der Waals surface area contributed by atoms with E-state index in [2.05, 4.69) is 0 Å². The number of aliphatic hydroxyl groups is 1. The predicted molar refractivity (Wildman–Crippen MR) is 93.9 cm³/mol. The van der Waals surface area contributed by atoms with Gasteiger partial charge in [-0.1, -0.05) is 38.8 Å². The molecule has 0 saturated carbocycles. The molecule has 4 nitrogen and oxygen atoms in total. The van der Waals surface area contributed by atoms with Gasteiger partial charge in [-0.15, -0.1) is 0 Å². The number of ether oxygens (including phenoxy) is 1. The highest BCUT2D eigenvalue weighted by atomic mass is 19.4. The van der Waals surface area contributed by atoms with Crippen molar-refractivity contribution in [1.29, 1.82) is 0 Å². The van der Waals surface area contributed by atoms with Crippen LogP contribution >= 0.6 is 0 Å². The lowest BCUT2D eigenvalue weighted by Crippen LogP contribution is -2.46. The Morgan fingerprint density at radius 1 is 1.12 bits per heavy atom. The molecule has 0 aromatic heterocycles. The topological polar surface area (TPSA) is 49.8 Å². The molecule has 0 aliphatic heterocycles. The van der Waals surface area contributed by atoms with Crippen molar-refractivity contribution in [2.45, 2.75) is 51.8 Å². The standard InChI is InChI=1S/C19H28F3NO3/c1-4-6-12-23(13-7-5-2)18(25)16(19(20,21)22)17(24)14-8-10-15(26-3)11-9-14/h8-11,16-17,24H,4-7,12-13H2,1-3H3/t16-,17-/m0/s1. The lowest BCUT2D eigenvalue weighted by Gasteiger charge is -2.31. The fourth-order valence-electron chi connectivity index (χ4n) is 2.67. The average molecular weight is 375 g/mol. The maximum atomic E-state index is 13.6. The van der Waals surface area contributed by atoms with Crippen LogP contribution in [0.4, 0.5) is 13.2 Å². The molecule has 1 aromatic rings. The zero-order valence-electron chi connectivity index (χ0n) is 15.6. The monoisotopic (exact) mass is 375 g/mol. The number of carbonyl (C=O) groups is 1. The smallest absolute Gasteiger partial charge is 0.403 e. The Labute approximate surface area is 153 Å². The first-order valence-electron chi connectivity index (χ1n) is 8.93. The molecule has 1 amide bonds. The summed E-state index contributed by atoms with van der Waals surface area (Å²) in [5.74, 6) is -3.09. The average Bonchev–Trinajstić information content (AvgIpc) is 2.60. The molecule has 26 heavy (non-hydrogen) atoms. The largest absolute Gasteiger partial charge is 0.497 e. The number of unbranched alkanes of at least 4 members (excludes halogenated alkanes) is 2. The number of alkyl halides is 3. The predicted octanol–water partition coefficient (Wildman–Crippen LogP) is 4.34. The van der Waals surface area contributed by atoms with Gasteiger partial charge in [0.15, 0.2) is 5.92 Å². The van der Waals surface area contributed by atoms with Crippen LogP contribution in [-0.4, -0.2) is 42.3 Å². The van der Waals surface area contributed by atoms with Gasteiger partial charge in [0.2, 0.25) is 5.91 Å². The number of benzene rings is 1. The van der Waals surface area contributed by atoms with Crippen molar-refractivity contribution in [1.82, 2.24) is 4.90 Å². The van der Waals surface area contributed by atoms with Crippen molar-refractivity contribution >= 4 is 5.91 Å². The summed E-state index contributed by atoms with van der Waals surface area (Å²) in [6.07, 6.45) is -4.01. The number of methoxy groups -OCH3 is 1.